The summed E-state index contributed by atoms with van der Waals surface area (Å²) in [5.41, 5.74) is 4.02. The van der Waals surface area contributed by atoms with Crippen molar-refractivity contribution in [2.45, 2.75) is 13.8 Å². The monoisotopic (exact) mass is 342 g/mol. The smallest absolute Gasteiger partial charge is 0.274 e. The van der Waals surface area contributed by atoms with Crippen molar-refractivity contribution in [3.05, 3.63) is 83.9 Å². The third kappa shape index (κ3) is 2.95. The molecule has 0 radical (unpaired) electrons. The van der Waals surface area contributed by atoms with Crippen LogP contribution in [0.5, 0.6) is 0 Å². The maximum atomic E-state index is 12.8. The molecule has 5 heteroatoms. The Morgan fingerprint density at radius 2 is 1.85 bits per heavy atom. The van der Waals surface area contributed by atoms with Gasteiger partial charge in [0.2, 0.25) is 0 Å². The van der Waals surface area contributed by atoms with E-state index in [1.165, 1.54) is 0 Å². The summed E-state index contributed by atoms with van der Waals surface area (Å²) in [6, 6.07) is 19.3. The standard InChI is InChI=1S/C21H18N4O/c1-14-12-15(2)25(24-14)18-8-5-7-17(13-18)23-21(26)20-19-9-4-3-6-16(19)10-11-22-20/h3-13H,1-2H3,(H,23,26). The summed E-state index contributed by atoms with van der Waals surface area (Å²) in [6.07, 6.45) is 1.66. The van der Waals surface area contributed by atoms with Gasteiger partial charge in [-0.1, -0.05) is 30.3 Å². The third-order valence-corrected chi connectivity index (χ3v) is 4.25. The highest BCUT2D eigenvalue weighted by molar-refractivity contribution is 6.11. The minimum Gasteiger partial charge on any atom is -0.321 e. The first-order valence-corrected chi connectivity index (χ1v) is 8.40. The molecule has 0 atom stereocenters. The fraction of sp³-hybridized carbons (Fsp3) is 0.0952. The number of amides is 1. The van der Waals surface area contributed by atoms with E-state index in [-0.39, 0.29) is 5.91 Å². The summed E-state index contributed by atoms with van der Waals surface area (Å²) in [4.78, 5) is 17.0. The average molecular weight is 342 g/mol. The van der Waals surface area contributed by atoms with Gasteiger partial charge in [-0.15, -0.1) is 0 Å². The molecule has 0 saturated heterocycles. The number of nitrogens with one attached hydrogen (secondary N) is 1. The number of nitrogens with zero attached hydrogens (tertiary/aromatic N) is 3. The van der Waals surface area contributed by atoms with Gasteiger partial charge in [0.15, 0.2) is 0 Å². The molecule has 0 aliphatic rings. The van der Waals surface area contributed by atoms with E-state index in [2.05, 4.69) is 15.4 Å². The van der Waals surface area contributed by atoms with Gasteiger partial charge in [-0.25, -0.2) is 4.68 Å². The fourth-order valence-corrected chi connectivity index (χ4v) is 3.10. The lowest BCUT2D eigenvalue weighted by molar-refractivity contribution is 0.102. The van der Waals surface area contributed by atoms with Crippen LogP contribution in [0.3, 0.4) is 0 Å². The zero-order valence-corrected chi connectivity index (χ0v) is 14.6. The van der Waals surface area contributed by atoms with Crippen LogP contribution in [0.2, 0.25) is 0 Å². The molecule has 26 heavy (non-hydrogen) atoms. The lowest BCUT2D eigenvalue weighted by Gasteiger charge is -2.10. The highest BCUT2D eigenvalue weighted by atomic mass is 16.1. The highest BCUT2D eigenvalue weighted by Gasteiger charge is 2.12. The van der Waals surface area contributed by atoms with Gasteiger partial charge in [0.25, 0.3) is 5.91 Å². The second-order valence-corrected chi connectivity index (χ2v) is 6.22. The zero-order chi connectivity index (χ0) is 18.1. The Hall–Kier alpha value is -3.47. The molecule has 0 fully saturated rings. The molecule has 0 unspecified atom stereocenters. The van der Waals surface area contributed by atoms with Gasteiger partial charge in [-0.05, 0) is 49.6 Å². The van der Waals surface area contributed by atoms with Crippen molar-refractivity contribution in [3.63, 3.8) is 0 Å². The minimum atomic E-state index is -0.229. The van der Waals surface area contributed by atoms with Gasteiger partial charge in [-0.2, -0.15) is 5.10 Å². The number of carbonyl (C=O) groups is 1. The van der Waals surface area contributed by atoms with Crippen LogP contribution in [0.15, 0.2) is 66.9 Å². The maximum absolute atomic E-state index is 12.8. The van der Waals surface area contributed by atoms with Crippen LogP contribution in [0.25, 0.3) is 16.5 Å². The number of carbonyl (C=O) groups excluding carboxylic acids is 1. The first-order valence-electron chi connectivity index (χ1n) is 8.40. The Kier molecular flexibility index (Phi) is 3.97. The van der Waals surface area contributed by atoms with Crippen molar-refractivity contribution in [2.24, 2.45) is 0 Å². The number of pyridine rings is 1. The first-order chi connectivity index (χ1) is 12.6. The molecule has 5 nitrogen and oxygen atoms in total. The molecular formula is C21H18N4O. The van der Waals surface area contributed by atoms with E-state index in [4.69, 9.17) is 0 Å². The van der Waals surface area contributed by atoms with Crippen LogP contribution in [0, 0.1) is 13.8 Å². The van der Waals surface area contributed by atoms with Crippen molar-refractivity contribution in [1.29, 1.82) is 0 Å². The van der Waals surface area contributed by atoms with E-state index in [0.717, 1.165) is 27.8 Å². The van der Waals surface area contributed by atoms with Crippen molar-refractivity contribution in [2.75, 3.05) is 5.32 Å². The number of fused-ring (bicyclic) bond motifs is 1. The number of benzene rings is 2. The molecule has 2 heterocycles. The number of hydrogen-bond donors (Lipinski definition) is 1. The van der Waals surface area contributed by atoms with Gasteiger partial charge in [-0.3, -0.25) is 9.78 Å². The first kappa shape index (κ1) is 16.0. The second-order valence-electron chi connectivity index (χ2n) is 6.22. The fourth-order valence-electron chi connectivity index (χ4n) is 3.10. The molecule has 1 N–H and O–H groups in total. The second kappa shape index (κ2) is 6.44. The van der Waals surface area contributed by atoms with Crippen molar-refractivity contribution in [3.8, 4) is 5.69 Å². The van der Waals surface area contributed by atoms with Crippen molar-refractivity contribution in [1.82, 2.24) is 14.8 Å². The van der Waals surface area contributed by atoms with E-state index < -0.39 is 0 Å². The summed E-state index contributed by atoms with van der Waals surface area (Å²) in [6.45, 7) is 3.96. The highest BCUT2D eigenvalue weighted by Crippen LogP contribution is 2.20. The molecule has 0 spiro atoms. The summed E-state index contributed by atoms with van der Waals surface area (Å²) >= 11 is 0. The predicted molar refractivity (Wildman–Crippen MR) is 103 cm³/mol. The van der Waals surface area contributed by atoms with Crippen LogP contribution in [-0.2, 0) is 0 Å². The molecule has 0 aliphatic heterocycles. The molecule has 2 aromatic carbocycles. The maximum Gasteiger partial charge on any atom is 0.274 e. The van der Waals surface area contributed by atoms with E-state index in [1.807, 2.05) is 79.2 Å². The molecular weight excluding hydrogens is 324 g/mol. The Labute approximate surface area is 151 Å². The quantitative estimate of drug-likeness (QED) is 0.604. The molecule has 1 amide bonds. The molecule has 128 valence electrons. The lowest BCUT2D eigenvalue weighted by Crippen LogP contribution is -2.14. The Bertz CT molecular complexity index is 1110. The van der Waals surface area contributed by atoms with E-state index in [9.17, 15) is 4.79 Å². The molecule has 4 aromatic rings. The van der Waals surface area contributed by atoms with Gasteiger partial charge >= 0.3 is 0 Å². The van der Waals surface area contributed by atoms with Crippen LogP contribution in [-0.4, -0.2) is 20.7 Å². The Morgan fingerprint density at radius 3 is 2.65 bits per heavy atom. The topological polar surface area (TPSA) is 59.8 Å². The van der Waals surface area contributed by atoms with Crippen LogP contribution in [0.1, 0.15) is 21.9 Å². The molecule has 0 saturated carbocycles. The summed E-state index contributed by atoms with van der Waals surface area (Å²) < 4.78 is 1.86. The van der Waals surface area contributed by atoms with Crippen LogP contribution in [0.4, 0.5) is 5.69 Å². The number of hydrogen-bond acceptors (Lipinski definition) is 3. The molecule has 0 aliphatic carbocycles. The average Bonchev–Trinajstić information content (AvgIpc) is 2.99. The van der Waals surface area contributed by atoms with Gasteiger partial charge < -0.3 is 5.32 Å². The number of aromatic nitrogens is 3. The normalized spacial score (nSPS) is 10.8. The van der Waals surface area contributed by atoms with Crippen molar-refractivity contribution < 1.29 is 4.79 Å². The number of rotatable bonds is 3. The minimum absolute atomic E-state index is 0.229. The lowest BCUT2D eigenvalue weighted by atomic mass is 10.1. The largest absolute Gasteiger partial charge is 0.321 e. The zero-order valence-electron chi connectivity index (χ0n) is 14.6. The molecule has 2 aromatic heterocycles. The predicted octanol–water partition coefficient (Wildman–Crippen LogP) is 4.29. The summed E-state index contributed by atoms with van der Waals surface area (Å²) in [5, 5.41) is 9.26. The van der Waals surface area contributed by atoms with Crippen LogP contribution >= 0.6 is 0 Å². The van der Waals surface area contributed by atoms with Gasteiger partial charge in [0.05, 0.1) is 11.4 Å². The van der Waals surface area contributed by atoms with E-state index in [0.29, 0.717) is 11.4 Å². The van der Waals surface area contributed by atoms with Crippen LogP contribution < -0.4 is 5.32 Å². The SMILES string of the molecule is Cc1cc(C)n(-c2cccc(NC(=O)c3nccc4ccccc34)c2)n1. The summed E-state index contributed by atoms with van der Waals surface area (Å²) in [7, 11) is 0. The number of aryl methyl sites for hydroxylation is 2. The van der Waals surface area contributed by atoms with Crippen molar-refractivity contribution >= 4 is 22.4 Å². The Morgan fingerprint density at radius 1 is 1.00 bits per heavy atom. The number of anilines is 1. The third-order valence-electron chi connectivity index (χ3n) is 4.25. The molecule has 4 rings (SSSR count). The van der Waals surface area contributed by atoms with Gasteiger partial charge in [0.1, 0.15) is 5.69 Å². The van der Waals surface area contributed by atoms with Gasteiger partial charge in [0, 0.05) is 23.0 Å². The van der Waals surface area contributed by atoms with E-state index >= 15 is 0 Å². The Balaban J connectivity index is 1.66. The molecule has 0 bridgehead atoms. The summed E-state index contributed by atoms with van der Waals surface area (Å²) in [5.74, 6) is -0.229. The van der Waals surface area contributed by atoms with E-state index in [1.54, 1.807) is 6.20 Å².